The standard InChI is InChI=1S/C20H33N3O5S/c1-6-23(7-2)29(26,27)18-10-8-17(9-11-18)21-19(24)15-22(14-16(3)4)13-12-20(25)28-5/h8-11,16H,6-7,12-15H2,1-5H3,(H,21,24). The van der Waals surface area contributed by atoms with Crippen LogP contribution in [0.4, 0.5) is 5.69 Å². The molecule has 1 aromatic rings. The summed E-state index contributed by atoms with van der Waals surface area (Å²) in [6.45, 7) is 9.69. The van der Waals surface area contributed by atoms with Crippen LogP contribution < -0.4 is 5.32 Å². The highest BCUT2D eigenvalue weighted by Gasteiger charge is 2.21. The predicted octanol–water partition coefficient (Wildman–Crippen LogP) is 2.18. The fourth-order valence-corrected chi connectivity index (χ4v) is 4.39. The van der Waals surface area contributed by atoms with Crippen LogP contribution >= 0.6 is 0 Å². The van der Waals surface area contributed by atoms with Gasteiger partial charge in [0.2, 0.25) is 15.9 Å². The Bertz CT molecular complexity index is 759. The summed E-state index contributed by atoms with van der Waals surface area (Å²) in [5, 5.41) is 2.78. The number of hydrogen-bond donors (Lipinski definition) is 1. The van der Waals surface area contributed by atoms with E-state index in [0.717, 1.165) is 0 Å². The van der Waals surface area contributed by atoms with Crippen molar-refractivity contribution in [2.75, 3.05) is 45.2 Å². The lowest BCUT2D eigenvalue weighted by atomic mass is 10.2. The largest absolute Gasteiger partial charge is 0.469 e. The van der Waals surface area contributed by atoms with E-state index in [4.69, 9.17) is 0 Å². The summed E-state index contributed by atoms with van der Waals surface area (Å²) in [6, 6.07) is 6.14. The van der Waals surface area contributed by atoms with Gasteiger partial charge in [0.25, 0.3) is 0 Å². The molecule has 1 aromatic carbocycles. The van der Waals surface area contributed by atoms with Crippen LogP contribution in [0.25, 0.3) is 0 Å². The van der Waals surface area contributed by atoms with E-state index in [0.29, 0.717) is 37.8 Å². The fourth-order valence-electron chi connectivity index (χ4n) is 2.93. The van der Waals surface area contributed by atoms with Crippen molar-refractivity contribution in [3.8, 4) is 0 Å². The zero-order valence-corrected chi connectivity index (χ0v) is 18.8. The number of sulfonamides is 1. The Hall–Kier alpha value is -1.97. The Labute approximate surface area is 174 Å². The van der Waals surface area contributed by atoms with Crippen LogP contribution in [0.5, 0.6) is 0 Å². The van der Waals surface area contributed by atoms with E-state index in [1.165, 1.54) is 23.5 Å². The number of carbonyl (C=O) groups excluding carboxylic acids is 2. The van der Waals surface area contributed by atoms with Crippen LogP contribution in [0, 0.1) is 5.92 Å². The molecule has 0 saturated carbocycles. The lowest BCUT2D eigenvalue weighted by Crippen LogP contribution is -2.37. The minimum atomic E-state index is -3.53. The van der Waals surface area contributed by atoms with Crippen LogP contribution in [0.3, 0.4) is 0 Å². The Morgan fingerprint density at radius 3 is 2.17 bits per heavy atom. The van der Waals surface area contributed by atoms with Gasteiger partial charge in [-0.2, -0.15) is 4.31 Å². The quantitative estimate of drug-likeness (QED) is 0.514. The molecular formula is C20H33N3O5S. The van der Waals surface area contributed by atoms with Gasteiger partial charge in [-0.25, -0.2) is 8.42 Å². The normalized spacial score (nSPS) is 11.9. The average molecular weight is 428 g/mol. The van der Waals surface area contributed by atoms with Crippen molar-refractivity contribution in [3.63, 3.8) is 0 Å². The molecule has 0 atom stereocenters. The van der Waals surface area contributed by atoms with E-state index in [1.54, 1.807) is 26.0 Å². The Kier molecular flexibility index (Phi) is 10.3. The molecule has 0 aliphatic carbocycles. The summed E-state index contributed by atoms with van der Waals surface area (Å²) in [6.07, 6.45) is 0.217. The number of hydrogen-bond acceptors (Lipinski definition) is 6. The molecule has 29 heavy (non-hydrogen) atoms. The zero-order chi connectivity index (χ0) is 22.0. The predicted molar refractivity (Wildman–Crippen MR) is 113 cm³/mol. The summed E-state index contributed by atoms with van der Waals surface area (Å²) in [4.78, 5) is 25.9. The van der Waals surface area contributed by atoms with Crippen molar-refractivity contribution in [2.24, 2.45) is 5.92 Å². The van der Waals surface area contributed by atoms with E-state index >= 15 is 0 Å². The second-order valence-electron chi connectivity index (χ2n) is 7.12. The van der Waals surface area contributed by atoms with Crippen molar-refractivity contribution >= 4 is 27.6 Å². The molecular weight excluding hydrogens is 394 g/mol. The van der Waals surface area contributed by atoms with Gasteiger partial charge in [-0.3, -0.25) is 14.5 Å². The second kappa shape index (κ2) is 11.9. The maximum absolute atomic E-state index is 12.5. The first-order valence-corrected chi connectivity index (χ1v) is 11.3. The van der Waals surface area contributed by atoms with E-state index in [1.807, 2.05) is 18.7 Å². The highest BCUT2D eigenvalue weighted by atomic mass is 32.2. The minimum absolute atomic E-state index is 0.134. The van der Waals surface area contributed by atoms with Gasteiger partial charge in [-0.05, 0) is 30.2 Å². The smallest absolute Gasteiger partial charge is 0.306 e. The van der Waals surface area contributed by atoms with E-state index in [2.05, 4.69) is 10.1 Å². The molecule has 0 aromatic heterocycles. The highest BCUT2D eigenvalue weighted by Crippen LogP contribution is 2.18. The molecule has 164 valence electrons. The average Bonchev–Trinajstić information content (AvgIpc) is 2.66. The SMILES string of the molecule is CCN(CC)S(=O)(=O)c1ccc(NC(=O)CN(CCC(=O)OC)CC(C)C)cc1. The first kappa shape index (κ1) is 25.1. The van der Waals surface area contributed by atoms with Crippen LogP contribution in [-0.2, 0) is 24.3 Å². The Morgan fingerprint density at radius 1 is 1.10 bits per heavy atom. The van der Waals surface area contributed by atoms with E-state index in [9.17, 15) is 18.0 Å². The molecule has 9 heteroatoms. The summed E-state index contributed by atoms with van der Waals surface area (Å²) in [5.74, 6) is -0.205. The lowest BCUT2D eigenvalue weighted by Gasteiger charge is -2.23. The number of nitrogens with one attached hydrogen (secondary N) is 1. The van der Waals surface area contributed by atoms with Crippen LogP contribution in [0.2, 0.25) is 0 Å². The number of esters is 1. The molecule has 0 radical (unpaired) electrons. The number of nitrogens with zero attached hydrogens (tertiary/aromatic N) is 2. The van der Waals surface area contributed by atoms with Gasteiger partial charge in [0.05, 0.1) is 25.0 Å². The third-order valence-electron chi connectivity index (χ3n) is 4.33. The van der Waals surface area contributed by atoms with Gasteiger partial charge in [-0.15, -0.1) is 0 Å². The molecule has 8 nitrogen and oxygen atoms in total. The van der Waals surface area contributed by atoms with Gasteiger partial charge in [0.15, 0.2) is 0 Å². The third-order valence-corrected chi connectivity index (χ3v) is 6.40. The topological polar surface area (TPSA) is 96.0 Å². The number of methoxy groups -OCH3 is 1. The van der Waals surface area contributed by atoms with Crippen molar-refractivity contribution in [1.82, 2.24) is 9.21 Å². The van der Waals surface area contributed by atoms with Gasteiger partial charge in [0.1, 0.15) is 0 Å². The molecule has 0 unspecified atom stereocenters. The molecule has 0 aliphatic heterocycles. The van der Waals surface area contributed by atoms with Gasteiger partial charge < -0.3 is 10.1 Å². The van der Waals surface area contributed by atoms with Crippen LogP contribution in [0.15, 0.2) is 29.2 Å². The van der Waals surface area contributed by atoms with Gasteiger partial charge in [-0.1, -0.05) is 27.7 Å². The molecule has 1 N–H and O–H groups in total. The minimum Gasteiger partial charge on any atom is -0.469 e. The number of carbonyl (C=O) groups is 2. The number of benzene rings is 1. The lowest BCUT2D eigenvalue weighted by molar-refractivity contribution is -0.141. The summed E-state index contributed by atoms with van der Waals surface area (Å²) < 4.78 is 31.1. The first-order chi connectivity index (χ1) is 13.6. The van der Waals surface area contributed by atoms with Crippen molar-refractivity contribution in [1.29, 1.82) is 0 Å². The van der Waals surface area contributed by atoms with Crippen molar-refractivity contribution < 1.29 is 22.7 Å². The van der Waals surface area contributed by atoms with E-state index < -0.39 is 10.0 Å². The fraction of sp³-hybridized carbons (Fsp3) is 0.600. The molecule has 0 heterocycles. The zero-order valence-electron chi connectivity index (χ0n) is 18.0. The summed E-state index contributed by atoms with van der Waals surface area (Å²) in [5.41, 5.74) is 0.519. The molecule has 0 spiro atoms. The number of ether oxygens (including phenoxy) is 1. The van der Waals surface area contributed by atoms with E-state index in [-0.39, 0.29) is 29.7 Å². The van der Waals surface area contributed by atoms with Crippen molar-refractivity contribution in [3.05, 3.63) is 24.3 Å². The second-order valence-corrected chi connectivity index (χ2v) is 9.05. The highest BCUT2D eigenvalue weighted by molar-refractivity contribution is 7.89. The molecule has 1 rings (SSSR count). The van der Waals surface area contributed by atoms with Gasteiger partial charge in [0, 0.05) is 31.9 Å². The molecule has 0 bridgehead atoms. The number of rotatable bonds is 12. The molecule has 0 aliphatic rings. The van der Waals surface area contributed by atoms with Gasteiger partial charge >= 0.3 is 5.97 Å². The Balaban J connectivity index is 2.76. The monoisotopic (exact) mass is 427 g/mol. The maximum atomic E-state index is 12.5. The van der Waals surface area contributed by atoms with Crippen molar-refractivity contribution in [2.45, 2.75) is 39.0 Å². The molecule has 0 fully saturated rings. The third kappa shape index (κ3) is 8.12. The van der Waals surface area contributed by atoms with Crippen LogP contribution in [0.1, 0.15) is 34.1 Å². The maximum Gasteiger partial charge on any atom is 0.306 e. The Morgan fingerprint density at radius 2 is 1.69 bits per heavy atom. The van der Waals surface area contributed by atoms with Crippen LogP contribution in [-0.4, -0.2) is 69.3 Å². The summed E-state index contributed by atoms with van der Waals surface area (Å²) in [7, 11) is -2.19. The molecule has 0 saturated heterocycles. The molecule has 1 amide bonds. The number of anilines is 1. The summed E-state index contributed by atoms with van der Waals surface area (Å²) >= 11 is 0. The first-order valence-electron chi connectivity index (χ1n) is 9.83. The number of amides is 1.